The standard InChI is InChI=1S/C16H12F2N2O/c1-21-11-3-4-12-14(6-7-19-16(12)9-11)20-15-5-2-10(17)8-13(15)18/h2-9H,1H3,(H,19,20). The maximum atomic E-state index is 13.7. The van der Waals surface area contributed by atoms with Crippen LogP contribution in [0.4, 0.5) is 20.2 Å². The van der Waals surface area contributed by atoms with E-state index in [1.807, 2.05) is 6.07 Å². The molecule has 2 aromatic carbocycles. The molecule has 0 aliphatic carbocycles. The van der Waals surface area contributed by atoms with Gasteiger partial charge in [-0.05, 0) is 30.3 Å². The lowest BCUT2D eigenvalue weighted by molar-refractivity contribution is 0.415. The molecule has 0 amide bonds. The Morgan fingerprint density at radius 2 is 1.86 bits per heavy atom. The molecular formula is C16H12F2N2O. The molecule has 0 aliphatic rings. The van der Waals surface area contributed by atoms with Crippen LogP contribution in [0.2, 0.25) is 0 Å². The van der Waals surface area contributed by atoms with E-state index in [1.54, 1.807) is 31.5 Å². The molecule has 3 nitrogen and oxygen atoms in total. The molecule has 3 aromatic rings. The third-order valence-electron chi connectivity index (χ3n) is 3.15. The van der Waals surface area contributed by atoms with Crippen molar-refractivity contribution in [2.75, 3.05) is 12.4 Å². The minimum Gasteiger partial charge on any atom is -0.497 e. The van der Waals surface area contributed by atoms with Gasteiger partial charge in [-0.1, -0.05) is 0 Å². The van der Waals surface area contributed by atoms with Crippen LogP contribution in [0.5, 0.6) is 5.75 Å². The van der Waals surface area contributed by atoms with Crippen LogP contribution in [0.3, 0.4) is 0 Å². The van der Waals surface area contributed by atoms with Gasteiger partial charge in [-0.25, -0.2) is 8.78 Å². The van der Waals surface area contributed by atoms with E-state index >= 15 is 0 Å². The van der Waals surface area contributed by atoms with E-state index in [1.165, 1.54) is 12.1 Å². The van der Waals surface area contributed by atoms with Crippen molar-refractivity contribution in [2.45, 2.75) is 0 Å². The summed E-state index contributed by atoms with van der Waals surface area (Å²) < 4.78 is 31.8. The number of benzene rings is 2. The van der Waals surface area contributed by atoms with Crippen molar-refractivity contribution in [3.8, 4) is 5.75 Å². The summed E-state index contributed by atoms with van der Waals surface area (Å²) in [6.07, 6.45) is 1.62. The zero-order valence-corrected chi connectivity index (χ0v) is 11.2. The number of ether oxygens (including phenoxy) is 1. The lowest BCUT2D eigenvalue weighted by atomic mass is 10.1. The molecule has 1 N–H and O–H groups in total. The first-order valence-electron chi connectivity index (χ1n) is 6.32. The Kier molecular flexibility index (Phi) is 3.39. The van der Waals surface area contributed by atoms with Gasteiger partial charge in [0, 0.05) is 29.4 Å². The topological polar surface area (TPSA) is 34.1 Å². The Morgan fingerprint density at radius 1 is 1.00 bits per heavy atom. The molecule has 1 heterocycles. The number of nitrogens with zero attached hydrogens (tertiary/aromatic N) is 1. The largest absolute Gasteiger partial charge is 0.497 e. The second kappa shape index (κ2) is 5.36. The fourth-order valence-electron chi connectivity index (χ4n) is 2.10. The predicted molar refractivity (Wildman–Crippen MR) is 77.9 cm³/mol. The fourth-order valence-corrected chi connectivity index (χ4v) is 2.10. The van der Waals surface area contributed by atoms with E-state index in [-0.39, 0.29) is 5.69 Å². The number of pyridine rings is 1. The summed E-state index contributed by atoms with van der Waals surface area (Å²) in [4.78, 5) is 4.25. The molecule has 0 aliphatic heterocycles. The highest BCUT2D eigenvalue weighted by Gasteiger charge is 2.07. The summed E-state index contributed by atoms with van der Waals surface area (Å²) in [6.45, 7) is 0. The number of fused-ring (bicyclic) bond motifs is 1. The van der Waals surface area contributed by atoms with Gasteiger partial charge in [-0.3, -0.25) is 4.98 Å². The Labute approximate surface area is 120 Å². The number of anilines is 2. The van der Waals surface area contributed by atoms with Gasteiger partial charge in [0.05, 0.1) is 18.3 Å². The quantitative estimate of drug-likeness (QED) is 0.781. The molecule has 5 heteroatoms. The maximum absolute atomic E-state index is 13.7. The lowest BCUT2D eigenvalue weighted by Crippen LogP contribution is -1.96. The second-order valence-corrected chi connectivity index (χ2v) is 4.49. The predicted octanol–water partition coefficient (Wildman–Crippen LogP) is 4.27. The van der Waals surface area contributed by atoms with E-state index < -0.39 is 11.6 Å². The van der Waals surface area contributed by atoms with Crippen LogP contribution in [0, 0.1) is 11.6 Å². The highest BCUT2D eigenvalue weighted by molar-refractivity contribution is 5.93. The molecule has 1 aromatic heterocycles. The van der Waals surface area contributed by atoms with Gasteiger partial charge in [0.25, 0.3) is 0 Å². The molecule has 3 rings (SSSR count). The fraction of sp³-hybridized carbons (Fsp3) is 0.0625. The Morgan fingerprint density at radius 3 is 2.62 bits per heavy atom. The van der Waals surface area contributed by atoms with Gasteiger partial charge < -0.3 is 10.1 Å². The van der Waals surface area contributed by atoms with E-state index in [0.29, 0.717) is 11.4 Å². The van der Waals surface area contributed by atoms with Crippen LogP contribution >= 0.6 is 0 Å². The average molecular weight is 286 g/mol. The molecule has 0 fully saturated rings. The monoisotopic (exact) mass is 286 g/mol. The minimum absolute atomic E-state index is 0.208. The summed E-state index contributed by atoms with van der Waals surface area (Å²) in [7, 11) is 1.58. The molecule has 0 radical (unpaired) electrons. The third-order valence-corrected chi connectivity index (χ3v) is 3.15. The van der Waals surface area contributed by atoms with Gasteiger partial charge >= 0.3 is 0 Å². The average Bonchev–Trinajstić information content (AvgIpc) is 2.49. The van der Waals surface area contributed by atoms with E-state index in [9.17, 15) is 8.78 Å². The normalized spacial score (nSPS) is 10.6. The van der Waals surface area contributed by atoms with Crippen LogP contribution in [0.25, 0.3) is 10.9 Å². The highest BCUT2D eigenvalue weighted by Crippen LogP contribution is 2.28. The van der Waals surface area contributed by atoms with Crippen LogP contribution < -0.4 is 10.1 Å². The van der Waals surface area contributed by atoms with Gasteiger partial charge in [0.1, 0.15) is 17.4 Å². The van der Waals surface area contributed by atoms with Gasteiger partial charge in [0.2, 0.25) is 0 Å². The van der Waals surface area contributed by atoms with Crippen molar-refractivity contribution in [1.82, 2.24) is 4.98 Å². The highest BCUT2D eigenvalue weighted by atomic mass is 19.1. The number of aromatic nitrogens is 1. The first-order valence-corrected chi connectivity index (χ1v) is 6.32. The summed E-state index contributed by atoms with van der Waals surface area (Å²) in [5, 5.41) is 3.78. The van der Waals surface area contributed by atoms with Crippen LogP contribution in [-0.2, 0) is 0 Å². The van der Waals surface area contributed by atoms with Crippen molar-refractivity contribution in [3.05, 3.63) is 60.3 Å². The molecule has 0 saturated heterocycles. The molecule has 0 atom stereocenters. The lowest BCUT2D eigenvalue weighted by Gasteiger charge is -2.11. The first-order chi connectivity index (χ1) is 10.2. The number of hydrogen-bond acceptors (Lipinski definition) is 3. The number of rotatable bonds is 3. The third kappa shape index (κ3) is 2.63. The van der Waals surface area contributed by atoms with Crippen LogP contribution in [0.15, 0.2) is 48.7 Å². The summed E-state index contributed by atoms with van der Waals surface area (Å²) >= 11 is 0. The number of nitrogens with one attached hydrogen (secondary N) is 1. The molecule has 106 valence electrons. The number of methoxy groups -OCH3 is 1. The van der Waals surface area contributed by atoms with E-state index in [4.69, 9.17) is 4.74 Å². The molecule has 0 saturated carbocycles. The Hall–Kier alpha value is -2.69. The summed E-state index contributed by atoms with van der Waals surface area (Å²) in [5.74, 6) is -0.559. The summed E-state index contributed by atoms with van der Waals surface area (Å²) in [6, 6.07) is 10.6. The second-order valence-electron chi connectivity index (χ2n) is 4.49. The molecule has 0 bridgehead atoms. The molecule has 0 unspecified atom stereocenters. The van der Waals surface area contributed by atoms with Crippen molar-refractivity contribution in [3.63, 3.8) is 0 Å². The molecule has 21 heavy (non-hydrogen) atoms. The number of hydrogen-bond donors (Lipinski definition) is 1. The van der Waals surface area contributed by atoms with Gasteiger partial charge in [-0.2, -0.15) is 0 Å². The first kappa shape index (κ1) is 13.3. The van der Waals surface area contributed by atoms with Crippen LogP contribution in [0.1, 0.15) is 0 Å². The van der Waals surface area contributed by atoms with Crippen molar-refractivity contribution in [1.29, 1.82) is 0 Å². The van der Waals surface area contributed by atoms with E-state index in [0.717, 1.165) is 17.0 Å². The SMILES string of the molecule is COc1ccc2c(Nc3ccc(F)cc3F)ccnc2c1. The van der Waals surface area contributed by atoms with Gasteiger partial charge in [0.15, 0.2) is 0 Å². The molecular weight excluding hydrogens is 274 g/mol. The maximum Gasteiger partial charge on any atom is 0.149 e. The summed E-state index contributed by atoms with van der Waals surface area (Å²) in [5.41, 5.74) is 1.62. The van der Waals surface area contributed by atoms with Crippen molar-refractivity contribution < 1.29 is 13.5 Å². The zero-order valence-electron chi connectivity index (χ0n) is 11.2. The molecule has 0 spiro atoms. The van der Waals surface area contributed by atoms with Crippen molar-refractivity contribution >= 4 is 22.3 Å². The zero-order chi connectivity index (χ0) is 14.8. The van der Waals surface area contributed by atoms with Gasteiger partial charge in [-0.15, -0.1) is 0 Å². The number of halogens is 2. The Bertz CT molecular complexity index is 805. The van der Waals surface area contributed by atoms with Crippen molar-refractivity contribution in [2.24, 2.45) is 0 Å². The Balaban J connectivity index is 2.04. The minimum atomic E-state index is -0.645. The van der Waals surface area contributed by atoms with Crippen LogP contribution in [-0.4, -0.2) is 12.1 Å². The van der Waals surface area contributed by atoms with E-state index in [2.05, 4.69) is 10.3 Å². The smallest absolute Gasteiger partial charge is 0.149 e.